The molecule has 1 aliphatic rings. The second-order valence-corrected chi connectivity index (χ2v) is 5.19. The van der Waals surface area contributed by atoms with E-state index >= 15 is 0 Å². The molecule has 1 atom stereocenters. The minimum atomic E-state index is -0.567. The van der Waals surface area contributed by atoms with Crippen LogP contribution >= 0.6 is 0 Å². The Morgan fingerprint density at radius 1 is 1.32 bits per heavy atom. The zero-order valence-corrected chi connectivity index (χ0v) is 13.9. The van der Waals surface area contributed by atoms with Gasteiger partial charge in [0, 0.05) is 6.07 Å². The van der Waals surface area contributed by atoms with Crippen LogP contribution in [0.5, 0.6) is 5.75 Å². The van der Waals surface area contributed by atoms with Gasteiger partial charge in [0.05, 0.1) is 28.8 Å². The van der Waals surface area contributed by atoms with Gasteiger partial charge in [0.15, 0.2) is 5.75 Å². The molecule has 9 heteroatoms. The van der Waals surface area contributed by atoms with Crippen LogP contribution in [0.2, 0.25) is 0 Å². The number of nitro benzene ring substituents is 1. The van der Waals surface area contributed by atoms with Crippen LogP contribution in [0, 0.1) is 10.1 Å². The molecule has 134 valence electrons. The van der Waals surface area contributed by atoms with Crippen molar-refractivity contribution >= 4 is 17.7 Å². The molecule has 0 fully saturated rings. The summed E-state index contributed by atoms with van der Waals surface area (Å²) in [6.07, 6.45) is 0.483. The van der Waals surface area contributed by atoms with Gasteiger partial charge in [0.2, 0.25) is 0 Å². The molecular formula is C16H19N3O6. The summed E-state index contributed by atoms with van der Waals surface area (Å²) in [6, 6.07) is 4.89. The molecule has 1 aliphatic heterocycles. The van der Waals surface area contributed by atoms with E-state index in [0.29, 0.717) is 6.42 Å². The summed E-state index contributed by atoms with van der Waals surface area (Å²) in [5, 5.41) is 16.2. The first-order valence-electron chi connectivity index (χ1n) is 7.81. The third kappa shape index (κ3) is 4.25. The number of rotatable bonds is 7. The van der Waals surface area contributed by atoms with E-state index in [2.05, 4.69) is 10.6 Å². The van der Waals surface area contributed by atoms with E-state index in [4.69, 9.17) is 9.47 Å². The van der Waals surface area contributed by atoms with Crippen molar-refractivity contribution in [3.63, 3.8) is 0 Å². The van der Waals surface area contributed by atoms with Crippen LogP contribution in [0.3, 0.4) is 0 Å². The van der Waals surface area contributed by atoms with E-state index in [9.17, 15) is 19.7 Å². The molecule has 1 aromatic carbocycles. The van der Waals surface area contributed by atoms with Gasteiger partial charge in [-0.25, -0.2) is 9.59 Å². The van der Waals surface area contributed by atoms with Crippen molar-refractivity contribution in [3.8, 4) is 5.75 Å². The first-order chi connectivity index (χ1) is 12.0. The van der Waals surface area contributed by atoms with Crippen LogP contribution in [0.15, 0.2) is 35.5 Å². The van der Waals surface area contributed by atoms with Crippen molar-refractivity contribution in [3.05, 3.63) is 45.6 Å². The van der Waals surface area contributed by atoms with Crippen LogP contribution in [-0.4, -0.2) is 36.2 Å². The van der Waals surface area contributed by atoms with Crippen molar-refractivity contribution in [1.29, 1.82) is 0 Å². The standard InChI is InChI=1S/C16H19N3O6/c1-3-10-14(15(20)24-4-2)11(18-16(21)17-10)9-25-13-8-6-5-7-12(13)19(22)23/h5-8,10H,3-4,9H2,1-2H3,(H2,17,18,21)/t10-/m0/s1. The summed E-state index contributed by atoms with van der Waals surface area (Å²) < 4.78 is 10.5. The SMILES string of the molecule is CCOC(=O)C1=C(COc2ccccc2[N+](=O)[O-])NC(=O)N[C@H]1CC. The summed E-state index contributed by atoms with van der Waals surface area (Å²) in [7, 11) is 0. The van der Waals surface area contributed by atoms with Crippen molar-refractivity contribution < 1.29 is 24.0 Å². The van der Waals surface area contributed by atoms with Crippen LogP contribution in [-0.2, 0) is 9.53 Å². The number of nitrogens with one attached hydrogen (secondary N) is 2. The maximum absolute atomic E-state index is 12.2. The van der Waals surface area contributed by atoms with E-state index in [1.807, 2.05) is 6.92 Å². The first kappa shape index (κ1) is 18.2. The number of hydrogen-bond donors (Lipinski definition) is 2. The molecule has 9 nitrogen and oxygen atoms in total. The highest BCUT2D eigenvalue weighted by atomic mass is 16.6. The molecule has 25 heavy (non-hydrogen) atoms. The minimum Gasteiger partial charge on any atom is -0.480 e. The zero-order valence-electron chi connectivity index (χ0n) is 13.9. The van der Waals surface area contributed by atoms with Crippen molar-refractivity contribution in [2.24, 2.45) is 0 Å². The number of carbonyl (C=O) groups is 2. The van der Waals surface area contributed by atoms with Gasteiger partial charge in [-0.3, -0.25) is 10.1 Å². The molecule has 0 aliphatic carbocycles. The number of nitro groups is 1. The van der Waals surface area contributed by atoms with Gasteiger partial charge in [-0.1, -0.05) is 19.1 Å². The lowest BCUT2D eigenvalue weighted by molar-refractivity contribution is -0.385. The normalized spacial score (nSPS) is 16.7. The van der Waals surface area contributed by atoms with Crippen LogP contribution in [0.4, 0.5) is 10.5 Å². The molecule has 0 unspecified atom stereocenters. The summed E-state index contributed by atoms with van der Waals surface area (Å²) in [6.45, 7) is 3.47. The number of nitrogens with zero attached hydrogens (tertiary/aromatic N) is 1. The predicted molar refractivity (Wildman–Crippen MR) is 88.0 cm³/mol. The second-order valence-electron chi connectivity index (χ2n) is 5.19. The lowest BCUT2D eigenvalue weighted by Crippen LogP contribution is -2.51. The van der Waals surface area contributed by atoms with Crippen LogP contribution in [0.25, 0.3) is 0 Å². The highest BCUT2D eigenvalue weighted by molar-refractivity contribution is 5.94. The molecule has 0 aromatic heterocycles. The smallest absolute Gasteiger partial charge is 0.338 e. The minimum absolute atomic E-state index is 0.0454. The lowest BCUT2D eigenvalue weighted by atomic mass is 10.0. The summed E-state index contributed by atoms with van der Waals surface area (Å²) in [4.78, 5) is 34.5. The Morgan fingerprint density at radius 2 is 2.04 bits per heavy atom. The largest absolute Gasteiger partial charge is 0.480 e. The number of carbonyl (C=O) groups excluding carboxylic acids is 2. The Bertz CT molecular complexity index is 716. The molecule has 1 heterocycles. The number of esters is 1. The molecule has 1 aromatic rings. The van der Waals surface area contributed by atoms with Gasteiger partial charge in [-0.2, -0.15) is 0 Å². The Kier molecular flexibility index (Phi) is 5.93. The topological polar surface area (TPSA) is 120 Å². The number of benzene rings is 1. The second kappa shape index (κ2) is 8.13. The van der Waals surface area contributed by atoms with E-state index < -0.39 is 23.0 Å². The van der Waals surface area contributed by atoms with Crippen LogP contribution < -0.4 is 15.4 Å². The molecule has 2 N–H and O–H groups in total. The summed E-state index contributed by atoms with van der Waals surface area (Å²) in [5.74, 6) is -0.521. The fourth-order valence-electron chi connectivity index (χ4n) is 2.46. The average molecular weight is 349 g/mol. The molecule has 0 spiro atoms. The first-order valence-corrected chi connectivity index (χ1v) is 7.81. The van der Waals surface area contributed by atoms with Crippen molar-refractivity contribution in [2.45, 2.75) is 26.3 Å². The molecule has 0 radical (unpaired) electrons. The van der Waals surface area contributed by atoms with Gasteiger partial charge in [0.1, 0.15) is 6.61 Å². The fraction of sp³-hybridized carbons (Fsp3) is 0.375. The average Bonchev–Trinajstić information content (AvgIpc) is 2.59. The van der Waals surface area contributed by atoms with Gasteiger partial charge >= 0.3 is 17.7 Å². The molecule has 0 saturated carbocycles. The summed E-state index contributed by atoms with van der Waals surface area (Å²) in [5.41, 5.74) is 0.280. The number of para-hydroxylation sites is 2. The van der Waals surface area contributed by atoms with E-state index in [-0.39, 0.29) is 35.9 Å². The predicted octanol–water partition coefficient (Wildman–Crippen LogP) is 1.88. The Morgan fingerprint density at radius 3 is 2.68 bits per heavy atom. The number of ether oxygens (including phenoxy) is 2. The molecule has 0 bridgehead atoms. The quantitative estimate of drug-likeness (QED) is 0.440. The van der Waals surface area contributed by atoms with Crippen molar-refractivity contribution in [2.75, 3.05) is 13.2 Å². The number of hydrogen-bond acceptors (Lipinski definition) is 6. The summed E-state index contributed by atoms with van der Waals surface area (Å²) >= 11 is 0. The number of amides is 2. The zero-order chi connectivity index (χ0) is 18.4. The molecular weight excluding hydrogens is 330 g/mol. The Labute approximate surface area is 144 Å². The van der Waals surface area contributed by atoms with Gasteiger partial charge in [-0.05, 0) is 19.4 Å². The molecule has 0 saturated heterocycles. The van der Waals surface area contributed by atoms with Crippen LogP contribution in [0.1, 0.15) is 20.3 Å². The van der Waals surface area contributed by atoms with Gasteiger partial charge in [-0.15, -0.1) is 0 Å². The maximum atomic E-state index is 12.2. The van der Waals surface area contributed by atoms with E-state index in [1.165, 1.54) is 18.2 Å². The van der Waals surface area contributed by atoms with E-state index in [0.717, 1.165) is 0 Å². The number of urea groups is 1. The van der Waals surface area contributed by atoms with E-state index in [1.54, 1.807) is 13.0 Å². The molecule has 2 rings (SSSR count). The highest BCUT2D eigenvalue weighted by Crippen LogP contribution is 2.27. The van der Waals surface area contributed by atoms with Crippen molar-refractivity contribution in [1.82, 2.24) is 10.6 Å². The van der Waals surface area contributed by atoms with Gasteiger partial charge < -0.3 is 20.1 Å². The third-order valence-electron chi connectivity index (χ3n) is 3.58. The maximum Gasteiger partial charge on any atom is 0.338 e. The monoisotopic (exact) mass is 349 g/mol. The third-order valence-corrected chi connectivity index (χ3v) is 3.58. The highest BCUT2D eigenvalue weighted by Gasteiger charge is 2.32. The fourth-order valence-corrected chi connectivity index (χ4v) is 2.46. The Hall–Kier alpha value is -3.10. The van der Waals surface area contributed by atoms with Gasteiger partial charge in [0.25, 0.3) is 0 Å². The lowest BCUT2D eigenvalue weighted by Gasteiger charge is -2.28. The Balaban J connectivity index is 2.30. The molecule has 2 amide bonds.